The molecule has 1 saturated carbocycles. The number of carbonyl (C=O) groups is 2. The van der Waals surface area contributed by atoms with Crippen LogP contribution in [0.5, 0.6) is 0 Å². The second kappa shape index (κ2) is 9.39. The van der Waals surface area contributed by atoms with Crippen LogP contribution in [0.25, 0.3) is 0 Å². The van der Waals surface area contributed by atoms with E-state index in [0.717, 1.165) is 19.3 Å². The fraction of sp³-hybridized carbons (Fsp3) is 0.579. The van der Waals surface area contributed by atoms with E-state index >= 15 is 0 Å². The number of carbonyl (C=O) groups excluding carboxylic acids is 2. The number of hydrogen-bond donors (Lipinski definition) is 4. The molecule has 1 aliphatic heterocycles. The van der Waals surface area contributed by atoms with Crippen molar-refractivity contribution >= 4 is 29.2 Å². The topological polar surface area (TPSA) is 99.7 Å². The van der Waals surface area contributed by atoms with Crippen LogP contribution in [0.4, 0.5) is 10.5 Å². The maximum atomic E-state index is 12.2. The Labute approximate surface area is 163 Å². The molecule has 3 amide bonds. The average molecular weight is 396 g/mol. The third-order valence-electron chi connectivity index (χ3n) is 4.91. The third-order valence-corrected chi connectivity index (χ3v) is 5.14. The molecule has 1 saturated heterocycles. The van der Waals surface area contributed by atoms with Crippen molar-refractivity contribution in [1.29, 1.82) is 0 Å². The van der Waals surface area contributed by atoms with Gasteiger partial charge in [-0.2, -0.15) is 0 Å². The Hall–Kier alpha value is -1.83. The van der Waals surface area contributed by atoms with Crippen LogP contribution < -0.4 is 16.0 Å². The molecule has 0 bridgehead atoms. The van der Waals surface area contributed by atoms with Crippen molar-refractivity contribution in [1.82, 2.24) is 10.6 Å². The van der Waals surface area contributed by atoms with Crippen molar-refractivity contribution in [3.63, 3.8) is 0 Å². The molecule has 3 rings (SSSR count). The fourth-order valence-corrected chi connectivity index (χ4v) is 3.45. The van der Waals surface area contributed by atoms with Crippen molar-refractivity contribution < 1.29 is 19.4 Å². The summed E-state index contributed by atoms with van der Waals surface area (Å²) in [6.45, 7) is 0.401. The number of aliphatic hydroxyl groups is 1. The minimum absolute atomic E-state index is 0.0318. The van der Waals surface area contributed by atoms with Crippen LogP contribution in [0, 0.1) is 5.92 Å². The smallest absolute Gasteiger partial charge is 0.319 e. The molecule has 3 atom stereocenters. The SMILES string of the molecule is O=C(Nc1cccc(Cl)c1)N[C@H]1CC[C@@H](CCNC(=O)C2CC2)O[C@@H]1CO. The molecular formula is C19H26ClN3O4. The molecule has 1 aromatic rings. The highest BCUT2D eigenvalue weighted by atomic mass is 35.5. The number of hydrogen-bond acceptors (Lipinski definition) is 4. The molecule has 1 aromatic carbocycles. The summed E-state index contributed by atoms with van der Waals surface area (Å²) >= 11 is 5.91. The van der Waals surface area contributed by atoms with Crippen LogP contribution in [0.2, 0.25) is 5.02 Å². The van der Waals surface area contributed by atoms with E-state index < -0.39 is 6.10 Å². The maximum Gasteiger partial charge on any atom is 0.319 e. The first-order valence-corrected chi connectivity index (χ1v) is 9.80. The molecule has 0 aromatic heterocycles. The van der Waals surface area contributed by atoms with Gasteiger partial charge in [-0.3, -0.25) is 4.79 Å². The number of rotatable bonds is 7. The molecule has 0 spiro atoms. The highest BCUT2D eigenvalue weighted by Crippen LogP contribution is 2.29. The van der Waals surface area contributed by atoms with Crippen LogP contribution >= 0.6 is 11.6 Å². The number of ether oxygens (including phenoxy) is 1. The lowest BCUT2D eigenvalue weighted by molar-refractivity contribution is -0.122. The second-order valence-corrected chi connectivity index (χ2v) is 7.56. The maximum absolute atomic E-state index is 12.2. The van der Waals surface area contributed by atoms with Gasteiger partial charge < -0.3 is 25.8 Å². The van der Waals surface area contributed by atoms with E-state index in [4.69, 9.17) is 16.3 Å². The minimum Gasteiger partial charge on any atom is -0.394 e. The lowest BCUT2D eigenvalue weighted by atomic mass is 9.97. The zero-order chi connectivity index (χ0) is 19.2. The summed E-state index contributed by atoms with van der Waals surface area (Å²) < 4.78 is 5.91. The Bertz CT molecular complexity index is 668. The fourth-order valence-electron chi connectivity index (χ4n) is 3.26. The molecule has 4 N–H and O–H groups in total. The molecular weight excluding hydrogens is 370 g/mol. The molecule has 8 heteroatoms. The summed E-state index contributed by atoms with van der Waals surface area (Å²) in [5.41, 5.74) is 0.599. The van der Waals surface area contributed by atoms with E-state index in [1.54, 1.807) is 24.3 Å². The third kappa shape index (κ3) is 6.09. The zero-order valence-electron chi connectivity index (χ0n) is 15.1. The van der Waals surface area contributed by atoms with E-state index in [9.17, 15) is 14.7 Å². The summed E-state index contributed by atoms with van der Waals surface area (Å²) in [6.07, 6.45) is 3.65. The quantitative estimate of drug-likeness (QED) is 0.569. The molecule has 0 radical (unpaired) electrons. The zero-order valence-corrected chi connectivity index (χ0v) is 15.9. The van der Waals surface area contributed by atoms with Crippen molar-refractivity contribution in [3.05, 3.63) is 29.3 Å². The Kier molecular flexibility index (Phi) is 6.93. The minimum atomic E-state index is -0.465. The standard InChI is InChI=1S/C19H26ClN3O4/c20-13-2-1-3-14(10-13)22-19(26)23-16-7-6-15(27-17(16)11-24)8-9-21-18(25)12-4-5-12/h1-3,10,12,15-17,24H,4-9,11H2,(H,21,25)(H2,22,23,26)/t15-,16-,17+/m0/s1. The number of aliphatic hydroxyl groups excluding tert-OH is 1. The molecule has 2 fully saturated rings. The van der Waals surface area contributed by atoms with Gasteiger partial charge >= 0.3 is 6.03 Å². The van der Waals surface area contributed by atoms with E-state index in [1.165, 1.54) is 0 Å². The van der Waals surface area contributed by atoms with Crippen LogP contribution in [-0.2, 0) is 9.53 Å². The van der Waals surface area contributed by atoms with E-state index in [0.29, 0.717) is 30.1 Å². The molecule has 27 heavy (non-hydrogen) atoms. The van der Waals surface area contributed by atoms with Gasteiger partial charge in [-0.1, -0.05) is 17.7 Å². The molecule has 1 aliphatic carbocycles. The number of urea groups is 1. The molecule has 1 heterocycles. The van der Waals surface area contributed by atoms with Gasteiger partial charge in [0.05, 0.1) is 18.8 Å². The number of amides is 3. The summed E-state index contributed by atoms with van der Waals surface area (Å²) in [4.78, 5) is 23.9. The normalized spacial score (nSPS) is 24.9. The van der Waals surface area contributed by atoms with E-state index in [1.807, 2.05) is 0 Å². The second-order valence-electron chi connectivity index (χ2n) is 7.13. The largest absolute Gasteiger partial charge is 0.394 e. The van der Waals surface area contributed by atoms with Gasteiger partial charge in [0.1, 0.15) is 6.10 Å². The van der Waals surface area contributed by atoms with E-state index in [-0.39, 0.29) is 36.6 Å². The Morgan fingerprint density at radius 2 is 2.04 bits per heavy atom. The Morgan fingerprint density at radius 1 is 1.22 bits per heavy atom. The summed E-state index contributed by atoms with van der Waals surface area (Å²) in [6, 6.07) is 6.26. The van der Waals surface area contributed by atoms with Crippen LogP contribution in [-0.4, -0.2) is 48.4 Å². The first-order chi connectivity index (χ1) is 13.0. The Balaban J connectivity index is 1.42. The lowest BCUT2D eigenvalue weighted by Crippen LogP contribution is -2.52. The Morgan fingerprint density at radius 3 is 2.74 bits per heavy atom. The van der Waals surface area contributed by atoms with E-state index in [2.05, 4.69) is 16.0 Å². The predicted molar refractivity (Wildman–Crippen MR) is 103 cm³/mol. The number of halogens is 1. The van der Waals surface area contributed by atoms with Crippen LogP contribution in [0.3, 0.4) is 0 Å². The highest BCUT2D eigenvalue weighted by molar-refractivity contribution is 6.30. The number of benzene rings is 1. The molecule has 0 unspecified atom stereocenters. The number of anilines is 1. The summed E-state index contributed by atoms with van der Waals surface area (Å²) in [7, 11) is 0. The van der Waals surface area contributed by atoms with Gasteiger partial charge in [-0.05, 0) is 50.3 Å². The lowest BCUT2D eigenvalue weighted by Gasteiger charge is -2.36. The van der Waals surface area contributed by atoms with Crippen LogP contribution in [0.1, 0.15) is 32.1 Å². The van der Waals surface area contributed by atoms with Gasteiger partial charge in [0, 0.05) is 23.2 Å². The van der Waals surface area contributed by atoms with Gasteiger partial charge in [-0.15, -0.1) is 0 Å². The van der Waals surface area contributed by atoms with Crippen molar-refractivity contribution in [2.75, 3.05) is 18.5 Å². The molecule has 7 nitrogen and oxygen atoms in total. The first kappa shape index (κ1) is 19.9. The van der Waals surface area contributed by atoms with Gasteiger partial charge in [-0.25, -0.2) is 4.79 Å². The van der Waals surface area contributed by atoms with Crippen molar-refractivity contribution in [3.8, 4) is 0 Å². The summed E-state index contributed by atoms with van der Waals surface area (Å²) in [5, 5.41) is 18.7. The highest BCUT2D eigenvalue weighted by Gasteiger charge is 2.32. The van der Waals surface area contributed by atoms with Gasteiger partial charge in [0.15, 0.2) is 0 Å². The monoisotopic (exact) mass is 395 g/mol. The van der Waals surface area contributed by atoms with Crippen molar-refractivity contribution in [2.24, 2.45) is 5.92 Å². The summed E-state index contributed by atoms with van der Waals surface area (Å²) in [5.74, 6) is 0.329. The van der Waals surface area contributed by atoms with Gasteiger partial charge in [0.25, 0.3) is 0 Å². The number of nitrogens with one attached hydrogen (secondary N) is 3. The van der Waals surface area contributed by atoms with Gasteiger partial charge in [0.2, 0.25) is 5.91 Å². The van der Waals surface area contributed by atoms with Crippen molar-refractivity contribution in [2.45, 2.75) is 50.4 Å². The molecule has 148 valence electrons. The molecule has 2 aliphatic rings. The first-order valence-electron chi connectivity index (χ1n) is 9.42. The predicted octanol–water partition coefficient (Wildman–Crippen LogP) is 2.29. The van der Waals surface area contributed by atoms with Crippen LogP contribution in [0.15, 0.2) is 24.3 Å². The average Bonchev–Trinajstić information content (AvgIpc) is 3.48.